The van der Waals surface area contributed by atoms with Crippen LogP contribution < -0.4 is 15.5 Å². The number of carbonyl (C=O) groups excluding carboxylic acids is 2. The molecule has 2 N–H and O–H groups in total. The minimum Gasteiger partial charge on any atom is -0.481 e. The molecule has 0 aliphatic heterocycles. The molecule has 0 aromatic heterocycles. The summed E-state index contributed by atoms with van der Waals surface area (Å²) in [5.74, 6) is -2.03. The molecule has 30 heavy (non-hydrogen) atoms. The van der Waals surface area contributed by atoms with E-state index in [1.165, 1.54) is 24.3 Å². The number of nitrogens with one attached hydrogen (secondary N) is 2. The Morgan fingerprint density at radius 1 is 1.13 bits per heavy atom. The van der Waals surface area contributed by atoms with Crippen molar-refractivity contribution in [2.75, 3.05) is 5.32 Å². The predicted molar refractivity (Wildman–Crippen MR) is 108 cm³/mol. The van der Waals surface area contributed by atoms with Crippen molar-refractivity contribution in [3.8, 4) is 5.75 Å². The van der Waals surface area contributed by atoms with Gasteiger partial charge in [-0.2, -0.15) is 18.3 Å². The number of rotatable bonds is 6. The number of hydrogen-bond acceptors (Lipinski definition) is 4. The van der Waals surface area contributed by atoms with Crippen molar-refractivity contribution in [1.82, 2.24) is 5.43 Å². The van der Waals surface area contributed by atoms with Crippen molar-refractivity contribution in [2.45, 2.75) is 33.1 Å². The van der Waals surface area contributed by atoms with Crippen LogP contribution in [-0.2, 0) is 9.59 Å². The summed E-state index contributed by atoms with van der Waals surface area (Å²) < 4.78 is 42.4. The van der Waals surface area contributed by atoms with E-state index in [1.54, 1.807) is 44.3 Å². The maximum atomic E-state index is 12.3. The predicted octanol–water partition coefficient (Wildman–Crippen LogP) is 4.46. The first-order valence-electron chi connectivity index (χ1n) is 8.73. The van der Waals surface area contributed by atoms with E-state index in [9.17, 15) is 22.8 Å². The van der Waals surface area contributed by atoms with Gasteiger partial charge in [-0.25, -0.2) is 5.43 Å². The highest BCUT2D eigenvalue weighted by Gasteiger charge is 2.38. The summed E-state index contributed by atoms with van der Waals surface area (Å²) in [5, 5.41) is 6.27. The first kappa shape index (κ1) is 23.2. The third-order valence-corrected chi connectivity index (χ3v) is 4.20. The van der Waals surface area contributed by atoms with Gasteiger partial charge in [-0.1, -0.05) is 23.7 Å². The van der Waals surface area contributed by atoms with Gasteiger partial charge >= 0.3 is 12.1 Å². The molecule has 160 valence electrons. The van der Waals surface area contributed by atoms with Gasteiger partial charge in [0.2, 0.25) is 0 Å². The number of nitrogens with zero attached hydrogens (tertiary/aromatic N) is 1. The first-order chi connectivity index (χ1) is 14.0. The van der Waals surface area contributed by atoms with Gasteiger partial charge in [0.05, 0.1) is 5.71 Å². The van der Waals surface area contributed by atoms with E-state index in [0.717, 1.165) is 5.56 Å². The average Bonchev–Trinajstić information content (AvgIpc) is 2.67. The van der Waals surface area contributed by atoms with Gasteiger partial charge in [-0.05, 0) is 62.2 Å². The van der Waals surface area contributed by atoms with Crippen LogP contribution in [0.1, 0.15) is 25.0 Å². The molecule has 0 bridgehead atoms. The van der Waals surface area contributed by atoms with Crippen molar-refractivity contribution in [1.29, 1.82) is 0 Å². The number of ether oxygens (including phenoxy) is 1. The molecule has 0 fully saturated rings. The summed E-state index contributed by atoms with van der Waals surface area (Å²) >= 11 is 5.89. The zero-order valence-corrected chi connectivity index (χ0v) is 17.1. The summed E-state index contributed by atoms with van der Waals surface area (Å²) in [6.07, 6.45) is -5.80. The second kappa shape index (κ2) is 9.62. The number of halogens is 4. The van der Waals surface area contributed by atoms with E-state index < -0.39 is 24.1 Å². The van der Waals surface area contributed by atoms with Gasteiger partial charge in [0.15, 0.2) is 6.10 Å². The molecule has 6 nitrogen and oxygen atoms in total. The first-order valence-corrected chi connectivity index (χ1v) is 9.10. The summed E-state index contributed by atoms with van der Waals surface area (Å²) in [7, 11) is 0. The fourth-order valence-corrected chi connectivity index (χ4v) is 2.51. The number of carbonyl (C=O) groups is 2. The van der Waals surface area contributed by atoms with Gasteiger partial charge in [0.1, 0.15) is 5.75 Å². The Kier molecular flexibility index (Phi) is 7.44. The van der Waals surface area contributed by atoms with Crippen molar-refractivity contribution in [3.63, 3.8) is 0 Å². The monoisotopic (exact) mass is 441 g/mol. The largest absolute Gasteiger partial charge is 0.481 e. The van der Waals surface area contributed by atoms with Crippen LogP contribution in [-0.4, -0.2) is 29.8 Å². The summed E-state index contributed by atoms with van der Waals surface area (Å²) in [4.78, 5) is 23.1. The van der Waals surface area contributed by atoms with E-state index >= 15 is 0 Å². The van der Waals surface area contributed by atoms with Gasteiger partial charge in [-0.15, -0.1) is 0 Å². The lowest BCUT2D eigenvalue weighted by Crippen LogP contribution is -2.34. The molecule has 0 saturated carbocycles. The standard InChI is InChI=1S/C20H19ClF3N3O3/c1-11-10-15(21)6-9-17(11)30-13(3)18(28)27-26-12(2)14-4-7-16(8-5-14)25-19(29)20(22,23)24/h4-10,13H,1-3H3,(H,25,29)(H,27,28). The Bertz CT molecular complexity index is 960. The molecule has 0 radical (unpaired) electrons. The smallest absolute Gasteiger partial charge is 0.471 e. The Balaban J connectivity index is 1.96. The van der Waals surface area contributed by atoms with Crippen LogP contribution in [0.3, 0.4) is 0 Å². The van der Waals surface area contributed by atoms with Gasteiger partial charge in [0, 0.05) is 10.7 Å². The summed E-state index contributed by atoms with van der Waals surface area (Å²) in [5.41, 5.74) is 4.09. The van der Waals surface area contributed by atoms with Crippen LogP contribution in [0, 0.1) is 6.92 Å². The SMILES string of the molecule is CC(=NNC(=O)C(C)Oc1ccc(Cl)cc1C)c1ccc(NC(=O)C(F)(F)F)cc1. The van der Waals surface area contributed by atoms with Crippen LogP contribution in [0.2, 0.25) is 5.02 Å². The van der Waals surface area contributed by atoms with Crippen molar-refractivity contribution < 1.29 is 27.5 Å². The highest BCUT2D eigenvalue weighted by molar-refractivity contribution is 6.30. The van der Waals surface area contributed by atoms with Crippen molar-refractivity contribution >= 4 is 34.8 Å². The molecule has 0 heterocycles. The lowest BCUT2D eigenvalue weighted by atomic mass is 10.1. The van der Waals surface area contributed by atoms with Crippen LogP contribution >= 0.6 is 11.6 Å². The minimum absolute atomic E-state index is 0.0155. The van der Waals surface area contributed by atoms with Crippen LogP contribution in [0.25, 0.3) is 0 Å². The number of hydrogen-bond donors (Lipinski definition) is 2. The Labute approximate surface area is 176 Å². The molecule has 10 heteroatoms. The second-order valence-electron chi connectivity index (χ2n) is 6.37. The van der Waals surface area contributed by atoms with Gasteiger partial charge in [0.25, 0.3) is 5.91 Å². The number of amides is 2. The lowest BCUT2D eigenvalue weighted by molar-refractivity contribution is -0.167. The third-order valence-electron chi connectivity index (χ3n) is 3.96. The lowest BCUT2D eigenvalue weighted by Gasteiger charge is -2.15. The zero-order chi connectivity index (χ0) is 22.5. The van der Waals surface area contributed by atoms with Crippen molar-refractivity contribution in [3.05, 3.63) is 58.6 Å². The molecule has 2 amide bonds. The minimum atomic E-state index is -4.97. The maximum absolute atomic E-state index is 12.3. The summed E-state index contributed by atoms with van der Waals surface area (Å²) in [6, 6.07) is 10.6. The normalized spacial score (nSPS) is 12.8. The molecule has 1 atom stereocenters. The molecule has 1 unspecified atom stereocenters. The topological polar surface area (TPSA) is 79.8 Å². The van der Waals surface area contributed by atoms with Crippen LogP contribution in [0.15, 0.2) is 47.6 Å². The highest BCUT2D eigenvalue weighted by Crippen LogP contribution is 2.23. The fourth-order valence-electron chi connectivity index (χ4n) is 2.28. The molecule has 0 aliphatic rings. The third kappa shape index (κ3) is 6.48. The summed E-state index contributed by atoms with van der Waals surface area (Å²) in [6.45, 7) is 4.97. The van der Waals surface area contributed by atoms with Gasteiger partial charge in [-0.3, -0.25) is 9.59 Å². The van der Waals surface area contributed by atoms with E-state index in [1.807, 2.05) is 0 Å². The molecule has 2 aromatic rings. The number of alkyl halides is 3. The Morgan fingerprint density at radius 2 is 1.77 bits per heavy atom. The average molecular weight is 442 g/mol. The van der Waals surface area contributed by atoms with E-state index in [2.05, 4.69) is 10.5 Å². The molecule has 2 rings (SSSR count). The quantitative estimate of drug-likeness (QED) is 0.513. The van der Waals surface area contributed by atoms with Crippen LogP contribution in [0.4, 0.5) is 18.9 Å². The van der Waals surface area contributed by atoms with Crippen molar-refractivity contribution in [2.24, 2.45) is 5.10 Å². The van der Waals surface area contributed by atoms with E-state index in [-0.39, 0.29) is 5.69 Å². The fraction of sp³-hybridized carbons (Fsp3) is 0.250. The zero-order valence-electron chi connectivity index (χ0n) is 16.3. The van der Waals surface area contributed by atoms with Gasteiger partial charge < -0.3 is 10.1 Å². The van der Waals surface area contributed by atoms with E-state index in [4.69, 9.17) is 16.3 Å². The molecule has 0 saturated heterocycles. The molecule has 0 aliphatic carbocycles. The number of benzene rings is 2. The molecular weight excluding hydrogens is 423 g/mol. The number of aryl methyl sites for hydroxylation is 1. The highest BCUT2D eigenvalue weighted by atomic mass is 35.5. The number of anilines is 1. The Hall–Kier alpha value is -3.07. The molecular formula is C20H19ClF3N3O3. The van der Waals surface area contributed by atoms with E-state index in [0.29, 0.717) is 22.0 Å². The Morgan fingerprint density at radius 3 is 2.33 bits per heavy atom. The number of hydrazone groups is 1. The van der Waals surface area contributed by atoms with Crippen LogP contribution in [0.5, 0.6) is 5.75 Å². The second-order valence-corrected chi connectivity index (χ2v) is 6.81. The molecule has 0 spiro atoms. The maximum Gasteiger partial charge on any atom is 0.471 e. The molecule has 2 aromatic carbocycles.